The van der Waals surface area contributed by atoms with E-state index in [0.717, 1.165) is 22.3 Å². The number of H-pyrrole nitrogens is 1. The average Bonchev–Trinajstić information content (AvgIpc) is 2.47. The van der Waals surface area contributed by atoms with Crippen LogP contribution in [0.3, 0.4) is 0 Å². The molecule has 0 aliphatic rings. The average molecular weight is 293 g/mol. The molecule has 110 valence electrons. The summed E-state index contributed by atoms with van der Waals surface area (Å²) in [5, 5.41) is 4.99. The number of nitrogens with one attached hydrogen (secondary N) is 2. The molecule has 0 saturated heterocycles. The van der Waals surface area contributed by atoms with Gasteiger partial charge in [0.2, 0.25) is 5.95 Å². The van der Waals surface area contributed by atoms with Crippen molar-refractivity contribution < 1.29 is 0 Å². The van der Waals surface area contributed by atoms with Crippen molar-refractivity contribution in [1.82, 2.24) is 15.0 Å². The molecule has 0 fully saturated rings. The van der Waals surface area contributed by atoms with Crippen LogP contribution < -0.4 is 11.0 Å². The lowest BCUT2D eigenvalue weighted by molar-refractivity contribution is 1.03. The van der Waals surface area contributed by atoms with E-state index < -0.39 is 0 Å². The van der Waals surface area contributed by atoms with E-state index in [1.165, 1.54) is 6.21 Å². The number of aromatic amines is 1. The van der Waals surface area contributed by atoms with Gasteiger partial charge in [0.25, 0.3) is 5.56 Å². The second-order valence-corrected chi connectivity index (χ2v) is 4.99. The molecule has 0 amide bonds. The Labute approximate surface area is 127 Å². The van der Waals surface area contributed by atoms with Gasteiger partial charge < -0.3 is 4.98 Å². The van der Waals surface area contributed by atoms with Gasteiger partial charge in [0, 0.05) is 16.9 Å². The maximum Gasteiger partial charge on any atom is 0.257 e. The van der Waals surface area contributed by atoms with E-state index in [2.05, 4.69) is 25.5 Å². The van der Waals surface area contributed by atoms with E-state index in [-0.39, 0.29) is 5.56 Å². The van der Waals surface area contributed by atoms with Crippen LogP contribution in [0.4, 0.5) is 5.95 Å². The minimum Gasteiger partial charge on any atom is -0.321 e. The Balaban J connectivity index is 1.86. The third-order valence-corrected chi connectivity index (χ3v) is 3.13. The van der Waals surface area contributed by atoms with E-state index in [4.69, 9.17) is 0 Å². The van der Waals surface area contributed by atoms with Gasteiger partial charge in [-0.25, -0.2) is 15.4 Å². The third kappa shape index (κ3) is 3.01. The Kier molecular flexibility index (Phi) is 3.65. The molecule has 6 heteroatoms. The molecule has 0 spiro atoms. The van der Waals surface area contributed by atoms with Gasteiger partial charge >= 0.3 is 0 Å². The summed E-state index contributed by atoms with van der Waals surface area (Å²) in [5.74, 6) is 0.408. The molecule has 2 N–H and O–H groups in total. The van der Waals surface area contributed by atoms with E-state index in [9.17, 15) is 4.79 Å². The molecule has 0 saturated carbocycles. The lowest BCUT2D eigenvalue weighted by Gasteiger charge is -2.02. The van der Waals surface area contributed by atoms with Crippen LogP contribution in [0.2, 0.25) is 0 Å². The predicted octanol–water partition coefficient (Wildman–Crippen LogP) is 2.38. The Morgan fingerprint density at radius 2 is 1.86 bits per heavy atom. The van der Waals surface area contributed by atoms with Crippen LogP contribution in [0.5, 0.6) is 0 Å². The van der Waals surface area contributed by atoms with E-state index in [1.54, 1.807) is 6.07 Å². The highest BCUT2D eigenvalue weighted by Gasteiger charge is 2.01. The Morgan fingerprint density at radius 1 is 1.14 bits per heavy atom. The maximum atomic E-state index is 12.0. The Bertz CT molecular complexity index is 894. The number of hydrogen-bond donors (Lipinski definition) is 2. The minimum atomic E-state index is -0.189. The van der Waals surface area contributed by atoms with E-state index in [1.807, 2.05) is 44.2 Å². The fourth-order valence-corrected chi connectivity index (χ4v) is 2.20. The fourth-order valence-electron chi connectivity index (χ4n) is 2.20. The van der Waals surface area contributed by atoms with Crippen molar-refractivity contribution >= 4 is 23.1 Å². The molecule has 0 atom stereocenters. The number of aromatic nitrogens is 3. The zero-order chi connectivity index (χ0) is 15.5. The van der Waals surface area contributed by atoms with Crippen LogP contribution in [-0.4, -0.2) is 21.2 Å². The lowest BCUT2D eigenvalue weighted by atomic mass is 10.2. The minimum absolute atomic E-state index is 0.189. The number of rotatable bonds is 3. The van der Waals surface area contributed by atoms with Gasteiger partial charge in [-0.3, -0.25) is 4.79 Å². The first kappa shape index (κ1) is 13.9. The SMILES string of the molecule is Cc1cc(C)nc(N/N=C/c2cc3ccccc3[nH]c2=O)n1. The first-order chi connectivity index (χ1) is 10.6. The summed E-state index contributed by atoms with van der Waals surface area (Å²) >= 11 is 0. The Morgan fingerprint density at radius 3 is 2.64 bits per heavy atom. The number of benzene rings is 1. The van der Waals surface area contributed by atoms with E-state index >= 15 is 0 Å². The van der Waals surface area contributed by atoms with Crippen molar-refractivity contribution in [2.45, 2.75) is 13.8 Å². The molecular formula is C16H15N5O. The van der Waals surface area contributed by atoms with Gasteiger partial charge in [0.15, 0.2) is 0 Å². The summed E-state index contributed by atoms with van der Waals surface area (Å²) in [6, 6.07) is 11.3. The highest BCUT2D eigenvalue weighted by Crippen LogP contribution is 2.09. The summed E-state index contributed by atoms with van der Waals surface area (Å²) < 4.78 is 0. The lowest BCUT2D eigenvalue weighted by Crippen LogP contribution is -2.12. The van der Waals surface area contributed by atoms with Gasteiger partial charge in [-0.2, -0.15) is 5.10 Å². The monoisotopic (exact) mass is 293 g/mol. The van der Waals surface area contributed by atoms with Crippen molar-refractivity contribution in [3.63, 3.8) is 0 Å². The highest BCUT2D eigenvalue weighted by molar-refractivity contribution is 5.87. The van der Waals surface area contributed by atoms with E-state index in [0.29, 0.717) is 11.5 Å². The third-order valence-electron chi connectivity index (χ3n) is 3.13. The van der Waals surface area contributed by atoms with Crippen LogP contribution >= 0.6 is 0 Å². The molecule has 0 unspecified atom stereocenters. The number of para-hydroxylation sites is 1. The standard InChI is InChI=1S/C16H15N5O/c1-10-7-11(2)19-16(18-10)21-17-9-13-8-12-5-3-4-6-14(12)20-15(13)22/h3-9H,1-2H3,(H,20,22)(H,18,19,21)/b17-9+. The smallest absolute Gasteiger partial charge is 0.257 e. The number of hydrazone groups is 1. The van der Waals surface area contributed by atoms with Crippen LogP contribution in [0, 0.1) is 13.8 Å². The van der Waals surface area contributed by atoms with Gasteiger partial charge in [-0.1, -0.05) is 18.2 Å². The molecule has 3 rings (SSSR count). The van der Waals surface area contributed by atoms with Crippen LogP contribution in [0.15, 0.2) is 46.3 Å². The van der Waals surface area contributed by atoms with Gasteiger partial charge in [0.05, 0.1) is 11.8 Å². The number of aryl methyl sites for hydroxylation is 2. The molecule has 3 aromatic rings. The predicted molar refractivity (Wildman–Crippen MR) is 87.3 cm³/mol. The normalized spacial score (nSPS) is 11.2. The molecule has 0 aliphatic carbocycles. The van der Waals surface area contributed by atoms with Crippen molar-refractivity contribution in [3.8, 4) is 0 Å². The largest absolute Gasteiger partial charge is 0.321 e. The summed E-state index contributed by atoms with van der Waals surface area (Å²) in [4.78, 5) is 23.2. The van der Waals surface area contributed by atoms with Crippen molar-refractivity contribution in [2.75, 3.05) is 5.43 Å². The second-order valence-electron chi connectivity index (χ2n) is 4.99. The van der Waals surface area contributed by atoms with Gasteiger partial charge in [-0.05, 0) is 37.4 Å². The quantitative estimate of drug-likeness (QED) is 0.573. The number of anilines is 1. The molecule has 22 heavy (non-hydrogen) atoms. The number of hydrogen-bond acceptors (Lipinski definition) is 5. The first-order valence-corrected chi connectivity index (χ1v) is 6.85. The number of nitrogens with zero attached hydrogens (tertiary/aromatic N) is 3. The molecule has 2 aromatic heterocycles. The summed E-state index contributed by atoms with van der Waals surface area (Å²) in [5.41, 5.74) is 5.54. The molecule has 1 aromatic carbocycles. The van der Waals surface area contributed by atoms with Crippen LogP contribution in [-0.2, 0) is 0 Å². The Hall–Kier alpha value is -3.02. The zero-order valence-electron chi connectivity index (χ0n) is 12.3. The van der Waals surface area contributed by atoms with Crippen LogP contribution in [0.25, 0.3) is 10.9 Å². The van der Waals surface area contributed by atoms with Crippen LogP contribution in [0.1, 0.15) is 17.0 Å². The molecular weight excluding hydrogens is 278 g/mol. The molecule has 6 nitrogen and oxygen atoms in total. The van der Waals surface area contributed by atoms with Crippen molar-refractivity contribution in [1.29, 1.82) is 0 Å². The topological polar surface area (TPSA) is 83.0 Å². The summed E-state index contributed by atoms with van der Waals surface area (Å²) in [6.45, 7) is 3.77. The molecule has 0 radical (unpaired) electrons. The van der Waals surface area contributed by atoms with Gasteiger partial charge in [-0.15, -0.1) is 0 Å². The highest BCUT2D eigenvalue weighted by atomic mass is 16.1. The maximum absolute atomic E-state index is 12.0. The second kappa shape index (κ2) is 5.77. The first-order valence-electron chi connectivity index (χ1n) is 6.85. The summed E-state index contributed by atoms with van der Waals surface area (Å²) in [7, 11) is 0. The molecule has 2 heterocycles. The number of pyridine rings is 1. The zero-order valence-corrected chi connectivity index (χ0v) is 12.3. The number of fused-ring (bicyclic) bond motifs is 1. The van der Waals surface area contributed by atoms with Crippen molar-refractivity contribution in [3.05, 3.63) is 63.7 Å². The fraction of sp³-hybridized carbons (Fsp3) is 0.125. The molecule has 0 bridgehead atoms. The molecule has 0 aliphatic heterocycles. The summed E-state index contributed by atoms with van der Waals surface area (Å²) in [6.07, 6.45) is 1.46. The van der Waals surface area contributed by atoms with Gasteiger partial charge in [0.1, 0.15) is 0 Å². The van der Waals surface area contributed by atoms with Crippen molar-refractivity contribution in [2.24, 2.45) is 5.10 Å².